The number of hydrogen-bond donors (Lipinski definition) is 1. The highest BCUT2D eigenvalue weighted by Gasteiger charge is 2.47. The molecule has 3 atom stereocenters. The van der Waals surface area contributed by atoms with Crippen LogP contribution in [0, 0.1) is 0 Å². The molecule has 0 spiro atoms. The van der Waals surface area contributed by atoms with E-state index in [1.165, 1.54) is 6.08 Å². The molecule has 1 N–H and O–H groups in total. The topological polar surface area (TPSA) is 57.2 Å². The van der Waals surface area contributed by atoms with Gasteiger partial charge in [-0.1, -0.05) is 126 Å². The van der Waals surface area contributed by atoms with E-state index in [1.807, 2.05) is 68.4 Å². The highest BCUT2D eigenvalue weighted by atomic mass is 35.5. The van der Waals surface area contributed by atoms with Crippen LogP contribution in [0.1, 0.15) is 42.5 Å². The molecule has 0 bridgehead atoms. The fourth-order valence-corrected chi connectivity index (χ4v) is 6.28. The number of hydrogen-bond acceptors (Lipinski definition) is 5. The third-order valence-corrected chi connectivity index (χ3v) is 8.75. The molecule has 0 aliphatic carbocycles. The van der Waals surface area contributed by atoms with Crippen molar-refractivity contribution in [3.8, 4) is 0 Å². The minimum atomic E-state index is -1.56. The molecule has 1 fully saturated rings. The van der Waals surface area contributed by atoms with Gasteiger partial charge < -0.3 is 24.1 Å². The predicted molar refractivity (Wildman–Crippen MR) is 175 cm³/mol. The molecule has 7 heteroatoms. The van der Waals surface area contributed by atoms with E-state index in [1.54, 1.807) is 18.2 Å². The Kier molecular flexibility index (Phi) is 10.3. The normalized spacial score (nSPS) is 18.4. The molecule has 0 amide bonds. The van der Waals surface area contributed by atoms with Crippen molar-refractivity contribution in [2.24, 2.45) is 0 Å². The van der Waals surface area contributed by atoms with Gasteiger partial charge in [-0.25, -0.2) is 0 Å². The number of rotatable bonds is 13. The maximum atomic E-state index is 12.2. The van der Waals surface area contributed by atoms with E-state index < -0.39 is 29.2 Å². The Morgan fingerprint density at radius 1 is 0.864 bits per heavy atom. The van der Waals surface area contributed by atoms with Crippen molar-refractivity contribution in [1.29, 1.82) is 0 Å². The molecule has 4 aromatic carbocycles. The zero-order valence-corrected chi connectivity index (χ0v) is 26.5. The summed E-state index contributed by atoms with van der Waals surface area (Å²) in [6, 6.07) is 35.6. The molecule has 0 unspecified atom stereocenters. The lowest BCUT2D eigenvalue weighted by Gasteiger charge is -2.39. The summed E-state index contributed by atoms with van der Waals surface area (Å²) in [5.41, 5.74) is 1.03. The van der Waals surface area contributed by atoms with E-state index in [0.717, 1.165) is 16.7 Å². The first-order valence-electron chi connectivity index (χ1n) is 14.7. The van der Waals surface area contributed by atoms with Gasteiger partial charge in [0, 0.05) is 22.0 Å². The van der Waals surface area contributed by atoms with Crippen molar-refractivity contribution >= 4 is 23.2 Å². The van der Waals surface area contributed by atoms with Gasteiger partial charge >= 0.3 is 0 Å². The molecule has 0 radical (unpaired) electrons. The van der Waals surface area contributed by atoms with E-state index in [2.05, 4.69) is 43.0 Å². The van der Waals surface area contributed by atoms with Crippen LogP contribution in [0.25, 0.3) is 0 Å². The molecule has 1 aliphatic heterocycles. The quantitative estimate of drug-likeness (QED) is 0.119. The van der Waals surface area contributed by atoms with E-state index >= 15 is 0 Å². The smallest absolute Gasteiger partial charge is 0.163 e. The first-order chi connectivity index (χ1) is 21.2. The second-order valence-corrected chi connectivity index (χ2v) is 12.2. The lowest BCUT2D eigenvalue weighted by atomic mass is 9.80. The van der Waals surface area contributed by atoms with Crippen molar-refractivity contribution in [2.45, 2.75) is 56.1 Å². The fraction of sp³-hybridized carbons (Fsp3) is 0.297. The fourth-order valence-electron chi connectivity index (χ4n) is 5.78. The highest BCUT2D eigenvalue weighted by Crippen LogP contribution is 2.41. The summed E-state index contributed by atoms with van der Waals surface area (Å²) < 4.78 is 25.4. The van der Waals surface area contributed by atoms with Gasteiger partial charge in [0.25, 0.3) is 0 Å². The second kappa shape index (κ2) is 14.0. The Labute approximate surface area is 270 Å². The zero-order chi connectivity index (χ0) is 31.2. The largest absolute Gasteiger partial charge is 0.383 e. The van der Waals surface area contributed by atoms with E-state index in [0.29, 0.717) is 15.6 Å². The van der Waals surface area contributed by atoms with Crippen LogP contribution in [0.15, 0.2) is 122 Å². The summed E-state index contributed by atoms with van der Waals surface area (Å²) in [4.78, 5) is 0. The first kappa shape index (κ1) is 32.4. The number of halogens is 2. The molecule has 5 nitrogen and oxygen atoms in total. The summed E-state index contributed by atoms with van der Waals surface area (Å²) in [6.45, 7) is 8.12. The number of aliphatic hydroxyl groups is 1. The van der Waals surface area contributed by atoms with Crippen LogP contribution in [0.5, 0.6) is 0 Å². The van der Waals surface area contributed by atoms with Gasteiger partial charge in [-0.05, 0) is 42.7 Å². The van der Waals surface area contributed by atoms with Gasteiger partial charge in [0.2, 0.25) is 0 Å². The van der Waals surface area contributed by atoms with E-state index in [9.17, 15) is 5.11 Å². The SMILES string of the molecule is C=C[C@@](O)(CCOC(c1ccccc1)(c1ccccc1)c1ccccc1)[C@H](OCc1c(Cl)cccc1Cl)[C@H]1COC(C)(C)O1. The van der Waals surface area contributed by atoms with Gasteiger partial charge in [0.1, 0.15) is 23.4 Å². The van der Waals surface area contributed by atoms with Crippen molar-refractivity contribution in [2.75, 3.05) is 13.2 Å². The summed E-state index contributed by atoms with van der Waals surface area (Å²) >= 11 is 12.9. The minimum absolute atomic E-state index is 0.0580. The lowest BCUT2D eigenvalue weighted by Crippen LogP contribution is -2.51. The van der Waals surface area contributed by atoms with Crippen LogP contribution in [-0.4, -0.2) is 41.9 Å². The monoisotopic (exact) mass is 632 g/mol. The van der Waals surface area contributed by atoms with Crippen molar-refractivity contribution in [1.82, 2.24) is 0 Å². The van der Waals surface area contributed by atoms with Gasteiger partial charge in [-0.3, -0.25) is 0 Å². The van der Waals surface area contributed by atoms with Gasteiger partial charge in [-0.15, -0.1) is 6.58 Å². The summed E-state index contributed by atoms with van der Waals surface area (Å²) in [7, 11) is 0. The Morgan fingerprint density at radius 2 is 1.36 bits per heavy atom. The average molecular weight is 634 g/mol. The van der Waals surface area contributed by atoms with E-state index in [4.69, 9.17) is 42.1 Å². The molecule has 1 aliphatic rings. The molecule has 44 heavy (non-hydrogen) atoms. The van der Waals surface area contributed by atoms with Gasteiger partial charge in [-0.2, -0.15) is 0 Å². The van der Waals surface area contributed by atoms with Crippen LogP contribution in [0.2, 0.25) is 10.0 Å². The van der Waals surface area contributed by atoms with Crippen molar-refractivity contribution in [3.63, 3.8) is 0 Å². The maximum absolute atomic E-state index is 12.2. The zero-order valence-electron chi connectivity index (χ0n) is 25.0. The Hall–Kier alpha value is -3.00. The first-order valence-corrected chi connectivity index (χ1v) is 15.5. The Balaban J connectivity index is 1.48. The van der Waals surface area contributed by atoms with Crippen LogP contribution in [0.4, 0.5) is 0 Å². The second-order valence-electron chi connectivity index (χ2n) is 11.4. The molecular weight excluding hydrogens is 595 g/mol. The van der Waals surface area contributed by atoms with Gasteiger partial charge in [0.15, 0.2) is 5.79 Å². The molecule has 0 aromatic heterocycles. The van der Waals surface area contributed by atoms with E-state index in [-0.39, 0.29) is 26.2 Å². The Bertz CT molecular complexity index is 1400. The number of ether oxygens (including phenoxy) is 4. The summed E-state index contributed by atoms with van der Waals surface area (Å²) in [5.74, 6) is -0.837. The number of benzene rings is 4. The Morgan fingerprint density at radius 3 is 1.80 bits per heavy atom. The minimum Gasteiger partial charge on any atom is -0.383 e. The van der Waals surface area contributed by atoms with Crippen LogP contribution < -0.4 is 0 Å². The molecule has 1 saturated heterocycles. The van der Waals surface area contributed by atoms with Crippen molar-refractivity contribution in [3.05, 3.63) is 154 Å². The summed E-state index contributed by atoms with van der Waals surface area (Å²) in [5, 5.41) is 13.2. The highest BCUT2D eigenvalue weighted by molar-refractivity contribution is 6.35. The van der Waals surface area contributed by atoms with Gasteiger partial charge in [0.05, 0.1) is 19.8 Å². The van der Waals surface area contributed by atoms with Crippen LogP contribution in [-0.2, 0) is 31.2 Å². The molecule has 1 heterocycles. The lowest BCUT2D eigenvalue weighted by molar-refractivity contribution is -0.188. The standard InChI is InChI=1S/C37H38Cl2O5/c1-4-36(40,34(33-26-43-35(2,3)44-33)41-25-30-31(38)21-14-22-32(30)39)23-24-42-37(27-15-8-5-9-16-27,28-17-10-6-11-18-28)29-19-12-7-13-20-29/h4-22,33-34,40H,1,23-26H2,2-3H3/t33-,34-,36-/m1/s1. The third kappa shape index (κ3) is 6.95. The average Bonchev–Trinajstić information content (AvgIpc) is 3.40. The van der Waals surface area contributed by atoms with Crippen LogP contribution >= 0.6 is 23.2 Å². The van der Waals surface area contributed by atoms with Crippen LogP contribution in [0.3, 0.4) is 0 Å². The maximum Gasteiger partial charge on any atom is 0.163 e. The predicted octanol–water partition coefficient (Wildman–Crippen LogP) is 8.35. The summed E-state index contributed by atoms with van der Waals surface area (Å²) in [6.07, 6.45) is 0.208. The van der Waals surface area contributed by atoms with Crippen molar-refractivity contribution < 1.29 is 24.1 Å². The molecule has 0 saturated carbocycles. The third-order valence-electron chi connectivity index (χ3n) is 8.05. The molecule has 5 rings (SSSR count). The molecular formula is C37H38Cl2O5. The molecule has 230 valence electrons. The molecule has 4 aromatic rings.